The van der Waals surface area contributed by atoms with Gasteiger partial charge in [-0.15, -0.1) is 0 Å². The molecule has 99 heavy (non-hydrogen) atoms. The minimum absolute atomic E-state index is 0.776. The summed E-state index contributed by atoms with van der Waals surface area (Å²) in [5, 5.41) is 6.80. The topological polar surface area (TPSA) is 40.6 Å². The summed E-state index contributed by atoms with van der Waals surface area (Å²) in [5.41, 5.74) is 26.9. The lowest BCUT2D eigenvalue weighted by atomic mass is 10.00. The van der Waals surface area contributed by atoms with E-state index in [1.807, 2.05) is 0 Å². The molecule has 0 aliphatic carbocycles. The van der Waals surface area contributed by atoms with Gasteiger partial charge in [0.05, 0.1) is 50.2 Å². The average Bonchev–Trinajstić information content (AvgIpc) is 1.57. The van der Waals surface area contributed by atoms with Gasteiger partial charge in [0, 0.05) is 49.0 Å². The van der Waals surface area contributed by atoms with Crippen molar-refractivity contribution >= 4 is 65.4 Å². The van der Waals surface area contributed by atoms with Crippen LogP contribution in [0.15, 0.2) is 370 Å². The maximum Gasteiger partial charge on any atom is 0.165 e. The average molecular weight is 1260 g/mol. The summed E-state index contributed by atoms with van der Waals surface area (Å²) in [6.07, 6.45) is 0. The van der Waals surface area contributed by atoms with Crippen molar-refractivity contribution in [1.29, 1.82) is 0 Å². The molecule has 0 atom stereocenters. The lowest BCUT2D eigenvalue weighted by Gasteiger charge is -2.22. The summed E-state index contributed by atoms with van der Waals surface area (Å²) in [7, 11) is 0. The van der Waals surface area contributed by atoms with Gasteiger partial charge in [-0.05, 0) is 163 Å². The Labute approximate surface area is 573 Å². The van der Waals surface area contributed by atoms with Crippen molar-refractivity contribution in [3.63, 3.8) is 0 Å². The molecule has 0 saturated heterocycles. The maximum atomic E-state index is 6.37. The van der Waals surface area contributed by atoms with E-state index < -0.39 is 0 Å². The van der Waals surface area contributed by atoms with E-state index in [1.165, 1.54) is 0 Å². The van der Waals surface area contributed by atoms with Crippen LogP contribution < -0.4 is 0 Å². The fraction of sp³-hybridized carbons (Fsp3) is 0. The van der Waals surface area contributed by atoms with E-state index in [9.17, 15) is 0 Å². The summed E-state index contributed by atoms with van der Waals surface area (Å²) in [6.45, 7) is 0. The van der Waals surface area contributed by atoms with Gasteiger partial charge < -0.3 is 4.57 Å². The SMILES string of the molecule is c1ccc(-c2ccc3c(c2)c2cc(-c4ccccc4)ccc2n3-c2cc(-c3ccc(-c4cccc(-c5ccccc5)n4)cc3)c(-n3c4ccc(-c5ccccc5)cc4c4cc(-c5ccccc5)ccc43)c(-n3c4ccc(-c5ccccc5)cc4c4cc(-c5ccccc5)ccc43)n2)cc1. The molecule has 0 radical (unpaired) electrons. The molecule has 14 aromatic carbocycles. The highest BCUT2D eigenvalue weighted by molar-refractivity contribution is 6.16. The smallest absolute Gasteiger partial charge is 0.165 e. The molecule has 5 nitrogen and oxygen atoms in total. The summed E-state index contributed by atoms with van der Waals surface area (Å²) >= 11 is 0. The number of nitrogens with zero attached hydrogens (tertiary/aromatic N) is 5. The molecule has 0 aliphatic rings. The normalized spacial score (nSPS) is 11.6. The fourth-order valence-electron chi connectivity index (χ4n) is 15.1. The molecule has 0 bridgehead atoms. The molecular weight excluding hydrogens is 1200 g/mol. The van der Waals surface area contributed by atoms with Gasteiger partial charge in [0.25, 0.3) is 0 Å². The van der Waals surface area contributed by atoms with Crippen LogP contribution in [-0.2, 0) is 0 Å². The van der Waals surface area contributed by atoms with Crippen LogP contribution in [0.4, 0.5) is 0 Å². The Hall–Kier alpha value is -13.2. The first-order valence-corrected chi connectivity index (χ1v) is 33.9. The van der Waals surface area contributed by atoms with Crippen molar-refractivity contribution in [2.75, 3.05) is 0 Å². The zero-order valence-corrected chi connectivity index (χ0v) is 54.0. The van der Waals surface area contributed by atoms with Crippen molar-refractivity contribution in [2.45, 2.75) is 0 Å². The number of fused-ring (bicyclic) bond motifs is 9. The molecule has 462 valence electrons. The molecule has 0 fully saturated rings. The molecule has 0 amide bonds. The van der Waals surface area contributed by atoms with Crippen LogP contribution in [0.2, 0.25) is 0 Å². The van der Waals surface area contributed by atoms with Crippen LogP contribution >= 0.6 is 0 Å². The van der Waals surface area contributed by atoms with Gasteiger partial charge in [0.2, 0.25) is 0 Å². The quantitative estimate of drug-likeness (QED) is 0.122. The monoisotopic (exact) mass is 1260 g/mol. The minimum atomic E-state index is 0.776. The van der Waals surface area contributed by atoms with E-state index in [2.05, 4.69) is 384 Å². The zero-order chi connectivity index (χ0) is 65.3. The van der Waals surface area contributed by atoms with Crippen molar-refractivity contribution in [3.05, 3.63) is 370 Å². The lowest BCUT2D eigenvalue weighted by molar-refractivity contribution is 0.985. The lowest BCUT2D eigenvalue weighted by Crippen LogP contribution is -2.11. The fourth-order valence-corrected chi connectivity index (χ4v) is 15.1. The van der Waals surface area contributed by atoms with Gasteiger partial charge in [-0.1, -0.05) is 279 Å². The van der Waals surface area contributed by atoms with Crippen molar-refractivity contribution in [2.24, 2.45) is 0 Å². The Kier molecular flexibility index (Phi) is 13.8. The van der Waals surface area contributed by atoms with Crippen molar-refractivity contribution in [3.8, 4) is 118 Å². The molecule has 0 aliphatic heterocycles. The van der Waals surface area contributed by atoms with E-state index in [0.29, 0.717) is 0 Å². The van der Waals surface area contributed by atoms with Crippen LogP contribution in [0.25, 0.3) is 183 Å². The molecule has 0 N–H and O–H groups in total. The Balaban J connectivity index is 0.965. The Morgan fingerprint density at radius 3 is 0.737 bits per heavy atom. The Bertz CT molecular complexity index is 5990. The van der Waals surface area contributed by atoms with Crippen LogP contribution in [-0.4, -0.2) is 23.7 Å². The Morgan fingerprint density at radius 2 is 0.424 bits per heavy atom. The van der Waals surface area contributed by atoms with Gasteiger partial charge in [-0.25, -0.2) is 9.97 Å². The van der Waals surface area contributed by atoms with Crippen molar-refractivity contribution < 1.29 is 0 Å². The Morgan fingerprint density at radius 1 is 0.172 bits per heavy atom. The van der Waals surface area contributed by atoms with Gasteiger partial charge >= 0.3 is 0 Å². The van der Waals surface area contributed by atoms with Crippen LogP contribution in [0, 0.1) is 0 Å². The van der Waals surface area contributed by atoms with E-state index >= 15 is 0 Å². The van der Waals surface area contributed by atoms with Crippen LogP contribution in [0.3, 0.4) is 0 Å². The molecule has 19 rings (SSSR count). The molecule has 0 unspecified atom stereocenters. The standard InChI is InChI=1S/C94H61N5/c1-8-23-62(24-9-1)71-43-49-86-78(55-71)79-56-72(63-25-10-2-11-26-63)44-50-87(79)97(86)92-61-77(68-39-41-70(42-40-68)85-38-22-37-84(95-85)69-35-20-7-21-36-69)93(98-88-51-45-73(64-27-12-3-13-28-64)57-80(88)81-58-74(46-52-89(81)98)65-29-14-4-15-30-65)94(96-92)99-90-53-47-75(66-31-16-5-17-32-66)59-82(90)83-60-76(48-54-91(83)99)67-33-18-6-19-34-67/h1-61H. The predicted molar refractivity (Wildman–Crippen MR) is 414 cm³/mol. The summed E-state index contributed by atoms with van der Waals surface area (Å²) in [5.74, 6) is 1.55. The predicted octanol–water partition coefficient (Wildman–Crippen LogP) is 24.8. The second-order valence-electron chi connectivity index (χ2n) is 25.6. The second-order valence-corrected chi connectivity index (χ2v) is 25.6. The highest BCUT2D eigenvalue weighted by atomic mass is 15.2. The first-order chi connectivity index (χ1) is 49.1. The van der Waals surface area contributed by atoms with Crippen molar-refractivity contribution in [1.82, 2.24) is 23.7 Å². The molecule has 19 aromatic rings. The van der Waals surface area contributed by atoms with Gasteiger partial charge in [0.1, 0.15) is 5.82 Å². The summed E-state index contributed by atoms with van der Waals surface area (Å²) < 4.78 is 7.40. The number of hydrogen-bond donors (Lipinski definition) is 0. The number of aromatic nitrogens is 5. The van der Waals surface area contributed by atoms with Gasteiger partial charge in [-0.2, -0.15) is 0 Å². The maximum absolute atomic E-state index is 6.37. The van der Waals surface area contributed by atoms with Crippen LogP contribution in [0.5, 0.6) is 0 Å². The first-order valence-electron chi connectivity index (χ1n) is 33.9. The molecule has 5 heterocycles. The molecule has 5 heteroatoms. The second kappa shape index (κ2) is 23.9. The molecule has 5 aromatic heterocycles. The highest BCUT2D eigenvalue weighted by Crippen LogP contribution is 2.47. The first kappa shape index (κ1) is 57.2. The minimum Gasteiger partial charge on any atom is -0.305 e. The summed E-state index contributed by atoms with van der Waals surface area (Å²) in [4.78, 5) is 11.7. The van der Waals surface area contributed by atoms with E-state index in [-0.39, 0.29) is 0 Å². The number of benzene rings is 14. The van der Waals surface area contributed by atoms with Gasteiger partial charge in [-0.3, -0.25) is 9.13 Å². The van der Waals surface area contributed by atoms with E-state index in [1.54, 1.807) is 0 Å². The number of rotatable bonds is 12. The third-order valence-electron chi connectivity index (χ3n) is 19.9. The van der Waals surface area contributed by atoms with E-state index in [4.69, 9.17) is 9.97 Å². The molecule has 0 spiro atoms. The van der Waals surface area contributed by atoms with E-state index in [0.717, 1.165) is 183 Å². The zero-order valence-electron chi connectivity index (χ0n) is 54.0. The third-order valence-corrected chi connectivity index (χ3v) is 19.9. The number of hydrogen-bond acceptors (Lipinski definition) is 2. The molecule has 0 saturated carbocycles. The number of pyridine rings is 2. The third kappa shape index (κ3) is 10.0. The largest absolute Gasteiger partial charge is 0.305 e. The highest BCUT2D eigenvalue weighted by Gasteiger charge is 2.28. The van der Waals surface area contributed by atoms with Crippen LogP contribution in [0.1, 0.15) is 0 Å². The summed E-state index contributed by atoms with van der Waals surface area (Å²) in [6, 6.07) is 135. The molecular formula is C94H61N5. The van der Waals surface area contributed by atoms with Gasteiger partial charge in [0.15, 0.2) is 5.82 Å².